The Morgan fingerprint density at radius 2 is 2.26 bits per heavy atom. The molecule has 0 bridgehead atoms. The first-order valence-corrected chi connectivity index (χ1v) is 7.88. The third-order valence-corrected chi connectivity index (χ3v) is 4.09. The fourth-order valence-corrected chi connectivity index (χ4v) is 2.60. The van der Waals surface area contributed by atoms with E-state index in [-0.39, 0.29) is 24.4 Å². The largest absolute Gasteiger partial charge is 0.497 e. The van der Waals surface area contributed by atoms with Crippen molar-refractivity contribution in [3.05, 3.63) is 29.8 Å². The first-order chi connectivity index (χ1) is 10.6. The number of nitrogens with one attached hydrogen (secondary N) is 2. The molecule has 1 fully saturated rings. The first-order valence-electron chi connectivity index (χ1n) is 7.88. The van der Waals surface area contributed by atoms with Crippen LogP contribution in [0.25, 0.3) is 0 Å². The summed E-state index contributed by atoms with van der Waals surface area (Å²) in [5.74, 6) is 0.740. The van der Waals surface area contributed by atoms with Crippen molar-refractivity contribution in [2.75, 3.05) is 13.7 Å². The highest BCUT2D eigenvalue weighted by Gasteiger charge is 2.24. The number of ether oxygens (including phenoxy) is 2. The fourth-order valence-electron chi connectivity index (χ4n) is 2.60. The van der Waals surface area contributed by atoms with E-state index in [4.69, 9.17) is 9.47 Å². The van der Waals surface area contributed by atoms with Gasteiger partial charge in [-0.05, 0) is 50.9 Å². The summed E-state index contributed by atoms with van der Waals surface area (Å²) < 4.78 is 10.9. The van der Waals surface area contributed by atoms with Gasteiger partial charge in [-0.25, -0.2) is 0 Å². The molecule has 3 unspecified atom stereocenters. The van der Waals surface area contributed by atoms with Crippen molar-refractivity contribution < 1.29 is 14.3 Å². The summed E-state index contributed by atoms with van der Waals surface area (Å²) in [7, 11) is 1.63. The molecule has 23 heavy (non-hydrogen) atoms. The van der Waals surface area contributed by atoms with Crippen molar-refractivity contribution in [2.24, 2.45) is 0 Å². The molecule has 6 heteroatoms. The van der Waals surface area contributed by atoms with Gasteiger partial charge in [-0.1, -0.05) is 12.1 Å². The Morgan fingerprint density at radius 3 is 2.96 bits per heavy atom. The number of piperidine rings is 1. The van der Waals surface area contributed by atoms with E-state index in [2.05, 4.69) is 17.6 Å². The number of amides is 1. The molecule has 1 aromatic carbocycles. The van der Waals surface area contributed by atoms with Crippen LogP contribution < -0.4 is 15.4 Å². The average molecular weight is 343 g/mol. The van der Waals surface area contributed by atoms with Gasteiger partial charge in [-0.3, -0.25) is 4.79 Å². The minimum absolute atomic E-state index is 0. The molecule has 2 N–H and O–H groups in total. The SMILES string of the molecule is COc1cccc(COC(C)C(=O)NC2CCCNC2C)c1.Cl. The van der Waals surface area contributed by atoms with E-state index in [1.165, 1.54) is 0 Å². The second-order valence-electron chi connectivity index (χ2n) is 5.80. The Balaban J connectivity index is 0.00000264. The molecule has 0 spiro atoms. The monoisotopic (exact) mass is 342 g/mol. The highest BCUT2D eigenvalue weighted by molar-refractivity contribution is 5.85. The van der Waals surface area contributed by atoms with Crippen LogP contribution in [0.15, 0.2) is 24.3 Å². The van der Waals surface area contributed by atoms with Crippen molar-refractivity contribution in [1.82, 2.24) is 10.6 Å². The van der Waals surface area contributed by atoms with Gasteiger partial charge in [-0.2, -0.15) is 0 Å². The molecule has 0 aliphatic carbocycles. The smallest absolute Gasteiger partial charge is 0.249 e. The molecule has 0 radical (unpaired) electrons. The van der Waals surface area contributed by atoms with Crippen molar-refractivity contribution >= 4 is 18.3 Å². The Kier molecular flexibility index (Phi) is 8.37. The molecule has 0 saturated carbocycles. The van der Waals surface area contributed by atoms with Crippen molar-refractivity contribution in [3.63, 3.8) is 0 Å². The van der Waals surface area contributed by atoms with Crippen LogP contribution in [0, 0.1) is 0 Å². The lowest BCUT2D eigenvalue weighted by atomic mass is 10.00. The quantitative estimate of drug-likeness (QED) is 0.832. The van der Waals surface area contributed by atoms with Crippen LogP contribution in [0.2, 0.25) is 0 Å². The van der Waals surface area contributed by atoms with E-state index in [0.29, 0.717) is 12.6 Å². The van der Waals surface area contributed by atoms with Crippen molar-refractivity contribution in [3.8, 4) is 5.75 Å². The molecule has 1 saturated heterocycles. The number of carbonyl (C=O) groups excluding carboxylic acids is 1. The Morgan fingerprint density at radius 1 is 1.48 bits per heavy atom. The summed E-state index contributed by atoms with van der Waals surface area (Å²) in [4.78, 5) is 12.2. The van der Waals surface area contributed by atoms with Crippen LogP contribution >= 0.6 is 12.4 Å². The van der Waals surface area contributed by atoms with Crippen molar-refractivity contribution in [2.45, 2.75) is 51.5 Å². The van der Waals surface area contributed by atoms with Gasteiger partial charge >= 0.3 is 0 Å². The van der Waals surface area contributed by atoms with E-state index >= 15 is 0 Å². The van der Waals surface area contributed by atoms with E-state index < -0.39 is 6.10 Å². The van der Waals surface area contributed by atoms with Gasteiger partial charge in [0.25, 0.3) is 0 Å². The molecule has 1 amide bonds. The van der Waals surface area contributed by atoms with E-state index in [1.807, 2.05) is 24.3 Å². The lowest BCUT2D eigenvalue weighted by Gasteiger charge is -2.31. The molecule has 0 aromatic heterocycles. The maximum absolute atomic E-state index is 12.2. The van der Waals surface area contributed by atoms with E-state index in [0.717, 1.165) is 30.7 Å². The summed E-state index contributed by atoms with van der Waals surface area (Å²) in [6.07, 6.45) is 1.64. The second kappa shape index (κ2) is 9.75. The molecule has 1 aromatic rings. The summed E-state index contributed by atoms with van der Waals surface area (Å²) in [5.41, 5.74) is 0.992. The van der Waals surface area contributed by atoms with Gasteiger partial charge in [-0.15, -0.1) is 12.4 Å². The first kappa shape index (κ1) is 19.7. The minimum Gasteiger partial charge on any atom is -0.497 e. The molecule has 3 atom stereocenters. The predicted molar refractivity (Wildman–Crippen MR) is 93.1 cm³/mol. The molecular weight excluding hydrogens is 316 g/mol. The summed E-state index contributed by atoms with van der Waals surface area (Å²) in [5, 5.41) is 6.45. The lowest BCUT2D eigenvalue weighted by molar-refractivity contribution is -0.133. The van der Waals surface area contributed by atoms with E-state index in [9.17, 15) is 4.79 Å². The van der Waals surface area contributed by atoms with Gasteiger partial charge in [0.15, 0.2) is 0 Å². The molecule has 1 aliphatic heterocycles. The molecule has 2 rings (SSSR count). The summed E-state index contributed by atoms with van der Waals surface area (Å²) in [6.45, 7) is 5.31. The standard InChI is InChI=1S/C17H26N2O3.ClH/c1-12-16(8-5-9-18-12)19-17(20)13(2)22-11-14-6-4-7-15(10-14)21-3;/h4,6-7,10,12-13,16,18H,5,8-9,11H2,1-3H3,(H,19,20);1H. The zero-order valence-corrected chi connectivity index (χ0v) is 14.8. The maximum atomic E-state index is 12.2. The summed E-state index contributed by atoms with van der Waals surface area (Å²) in [6, 6.07) is 8.17. The number of carbonyl (C=O) groups is 1. The molecule has 130 valence electrons. The lowest BCUT2D eigenvalue weighted by Crippen LogP contribution is -2.53. The number of methoxy groups -OCH3 is 1. The Bertz CT molecular complexity index is 498. The topological polar surface area (TPSA) is 59.6 Å². The zero-order valence-electron chi connectivity index (χ0n) is 14.0. The number of hydrogen-bond acceptors (Lipinski definition) is 4. The Labute approximate surface area is 144 Å². The van der Waals surface area contributed by atoms with Crippen LogP contribution in [0.1, 0.15) is 32.3 Å². The van der Waals surface area contributed by atoms with Crippen LogP contribution in [-0.4, -0.2) is 37.7 Å². The maximum Gasteiger partial charge on any atom is 0.249 e. The van der Waals surface area contributed by atoms with E-state index in [1.54, 1.807) is 14.0 Å². The van der Waals surface area contributed by atoms with Crippen LogP contribution in [0.4, 0.5) is 0 Å². The van der Waals surface area contributed by atoms with Gasteiger partial charge < -0.3 is 20.1 Å². The third-order valence-electron chi connectivity index (χ3n) is 4.09. The van der Waals surface area contributed by atoms with Gasteiger partial charge in [0.1, 0.15) is 11.9 Å². The summed E-state index contributed by atoms with van der Waals surface area (Å²) >= 11 is 0. The van der Waals surface area contributed by atoms with Gasteiger partial charge in [0.2, 0.25) is 5.91 Å². The second-order valence-corrected chi connectivity index (χ2v) is 5.80. The van der Waals surface area contributed by atoms with Crippen molar-refractivity contribution in [1.29, 1.82) is 0 Å². The molecule has 1 heterocycles. The zero-order chi connectivity index (χ0) is 15.9. The van der Waals surface area contributed by atoms with Crippen LogP contribution in [-0.2, 0) is 16.1 Å². The number of benzene rings is 1. The number of halogens is 1. The predicted octanol–water partition coefficient (Wildman–Crippen LogP) is 2.28. The number of hydrogen-bond donors (Lipinski definition) is 2. The van der Waals surface area contributed by atoms with Gasteiger partial charge in [0.05, 0.1) is 13.7 Å². The Hall–Kier alpha value is -1.30. The van der Waals surface area contributed by atoms with Crippen LogP contribution in [0.5, 0.6) is 5.75 Å². The third kappa shape index (κ3) is 6.01. The number of rotatable bonds is 6. The average Bonchev–Trinajstić information content (AvgIpc) is 2.54. The fraction of sp³-hybridized carbons (Fsp3) is 0.588. The molecular formula is C17H27ClN2O3. The molecule has 5 nitrogen and oxygen atoms in total. The minimum atomic E-state index is -0.472. The molecule has 1 aliphatic rings. The highest BCUT2D eigenvalue weighted by Crippen LogP contribution is 2.14. The highest BCUT2D eigenvalue weighted by atomic mass is 35.5. The van der Waals surface area contributed by atoms with Gasteiger partial charge in [0, 0.05) is 12.1 Å². The van der Waals surface area contributed by atoms with Crippen LogP contribution in [0.3, 0.4) is 0 Å². The normalized spacial score (nSPS) is 21.9.